The summed E-state index contributed by atoms with van der Waals surface area (Å²) in [5, 5.41) is 2.79. The average molecular weight is 456 g/mol. The van der Waals surface area contributed by atoms with Gasteiger partial charge in [0.25, 0.3) is 0 Å². The molecule has 1 heterocycles. The molecule has 0 spiro atoms. The number of aliphatic imine (C=N–C) groups is 1. The first kappa shape index (κ1) is 23.3. The molecule has 1 aliphatic rings. The average Bonchev–Trinajstić information content (AvgIpc) is 3.07. The van der Waals surface area contributed by atoms with E-state index in [0.717, 1.165) is 0 Å². The van der Waals surface area contributed by atoms with Crippen LogP contribution in [0.3, 0.4) is 0 Å². The van der Waals surface area contributed by atoms with Gasteiger partial charge in [-0.1, -0.05) is 17.8 Å². The molecule has 1 aliphatic heterocycles. The largest absolute Gasteiger partial charge is 0.494 e. The number of methoxy groups -OCH3 is 1. The third kappa shape index (κ3) is 5.67. The van der Waals surface area contributed by atoms with Crippen LogP contribution in [-0.2, 0) is 14.3 Å². The minimum atomic E-state index is -0.557. The molecule has 8 nitrogen and oxygen atoms in total. The molecular formula is C23H25N3O5S. The summed E-state index contributed by atoms with van der Waals surface area (Å²) in [6, 6.07) is 13.7. The first-order chi connectivity index (χ1) is 15.4. The van der Waals surface area contributed by atoms with Crippen LogP contribution >= 0.6 is 11.8 Å². The van der Waals surface area contributed by atoms with Crippen molar-refractivity contribution in [3.05, 3.63) is 54.1 Å². The van der Waals surface area contributed by atoms with E-state index in [2.05, 4.69) is 10.3 Å². The van der Waals surface area contributed by atoms with Gasteiger partial charge in [-0.3, -0.25) is 14.5 Å². The third-order valence-corrected chi connectivity index (χ3v) is 5.82. The Bertz CT molecular complexity index is 1020. The number of anilines is 1. The predicted octanol–water partition coefficient (Wildman–Crippen LogP) is 3.85. The number of esters is 1. The number of nitrogens with zero attached hydrogens (tertiary/aromatic N) is 2. The number of benzene rings is 2. The van der Waals surface area contributed by atoms with Crippen LogP contribution in [0.5, 0.6) is 5.75 Å². The molecule has 0 radical (unpaired) electrons. The minimum absolute atomic E-state index is 0.0269. The van der Waals surface area contributed by atoms with E-state index in [1.54, 1.807) is 47.4 Å². The highest BCUT2D eigenvalue weighted by Gasteiger charge is 2.38. The van der Waals surface area contributed by atoms with E-state index in [1.165, 1.54) is 18.9 Å². The van der Waals surface area contributed by atoms with Gasteiger partial charge in [0, 0.05) is 24.7 Å². The maximum atomic E-state index is 12.8. The highest BCUT2D eigenvalue weighted by Crippen LogP contribution is 2.32. The van der Waals surface area contributed by atoms with E-state index in [9.17, 15) is 14.4 Å². The van der Waals surface area contributed by atoms with E-state index in [1.807, 2.05) is 19.9 Å². The van der Waals surface area contributed by atoms with E-state index < -0.39 is 11.2 Å². The molecule has 0 saturated carbocycles. The number of amides is 2. The number of hydrogen-bond donors (Lipinski definition) is 1. The lowest BCUT2D eigenvalue weighted by Gasteiger charge is -2.13. The van der Waals surface area contributed by atoms with Gasteiger partial charge in [-0.2, -0.15) is 0 Å². The normalized spacial score (nSPS) is 16.8. The van der Waals surface area contributed by atoms with Crippen molar-refractivity contribution in [3.63, 3.8) is 0 Å². The fraction of sp³-hybridized carbons (Fsp3) is 0.304. The minimum Gasteiger partial charge on any atom is -0.494 e. The lowest BCUT2D eigenvalue weighted by molar-refractivity contribution is -0.128. The van der Waals surface area contributed by atoms with Crippen molar-refractivity contribution >= 4 is 46.1 Å². The third-order valence-electron chi connectivity index (χ3n) is 4.65. The van der Waals surface area contributed by atoms with Crippen LogP contribution in [0.1, 0.15) is 30.6 Å². The molecule has 0 aliphatic carbocycles. The number of nitrogens with one attached hydrogen (secondary N) is 1. The Hall–Kier alpha value is -3.33. The molecule has 1 N–H and O–H groups in total. The van der Waals surface area contributed by atoms with Crippen molar-refractivity contribution in [3.8, 4) is 5.75 Å². The standard InChI is InChI=1S/C23H25N3O5S/c1-4-26-21(28)19(14-20(27)24-17-7-6-8-18(13-17)31-5-2)32-23(26)25-16-11-9-15(10-12-16)22(29)30-3/h6-13,19H,4-5,14H2,1-3H3,(H,24,27). The zero-order chi connectivity index (χ0) is 23.1. The molecule has 0 aromatic heterocycles. The summed E-state index contributed by atoms with van der Waals surface area (Å²) in [4.78, 5) is 43.0. The highest BCUT2D eigenvalue weighted by atomic mass is 32.2. The van der Waals surface area contributed by atoms with Crippen molar-refractivity contribution in [1.82, 2.24) is 4.90 Å². The number of amidine groups is 1. The number of carbonyl (C=O) groups is 3. The van der Waals surface area contributed by atoms with Gasteiger partial charge in [0.05, 0.1) is 25.0 Å². The van der Waals surface area contributed by atoms with Gasteiger partial charge in [0.1, 0.15) is 11.0 Å². The number of ether oxygens (including phenoxy) is 2. The maximum absolute atomic E-state index is 12.8. The second-order valence-electron chi connectivity index (χ2n) is 6.83. The van der Waals surface area contributed by atoms with Crippen molar-refractivity contribution in [2.24, 2.45) is 4.99 Å². The zero-order valence-electron chi connectivity index (χ0n) is 18.2. The van der Waals surface area contributed by atoms with Gasteiger partial charge in [0.2, 0.25) is 11.8 Å². The van der Waals surface area contributed by atoms with E-state index >= 15 is 0 Å². The van der Waals surface area contributed by atoms with Crippen molar-refractivity contribution in [2.45, 2.75) is 25.5 Å². The van der Waals surface area contributed by atoms with Crippen LogP contribution < -0.4 is 10.1 Å². The van der Waals surface area contributed by atoms with Gasteiger partial charge in [0.15, 0.2) is 5.17 Å². The Labute approximate surface area is 191 Å². The summed E-state index contributed by atoms with van der Waals surface area (Å²) in [5.74, 6) is -0.172. The Morgan fingerprint density at radius 1 is 1.16 bits per heavy atom. The first-order valence-electron chi connectivity index (χ1n) is 10.2. The molecule has 1 unspecified atom stereocenters. The van der Waals surface area contributed by atoms with Gasteiger partial charge < -0.3 is 14.8 Å². The smallest absolute Gasteiger partial charge is 0.337 e. The quantitative estimate of drug-likeness (QED) is 0.607. The monoisotopic (exact) mass is 455 g/mol. The van der Waals surface area contributed by atoms with Crippen molar-refractivity contribution in [1.29, 1.82) is 0 Å². The summed E-state index contributed by atoms with van der Waals surface area (Å²) in [7, 11) is 1.32. The molecular weight excluding hydrogens is 430 g/mol. The molecule has 3 rings (SSSR count). The molecule has 9 heteroatoms. The fourth-order valence-electron chi connectivity index (χ4n) is 3.13. The number of hydrogen-bond acceptors (Lipinski definition) is 7. The lowest BCUT2D eigenvalue weighted by atomic mass is 10.2. The van der Waals surface area contributed by atoms with Crippen LogP contribution in [0.4, 0.5) is 11.4 Å². The number of carbonyl (C=O) groups excluding carboxylic acids is 3. The Morgan fingerprint density at radius 2 is 1.91 bits per heavy atom. The molecule has 1 atom stereocenters. The first-order valence-corrected chi connectivity index (χ1v) is 11.1. The Morgan fingerprint density at radius 3 is 2.56 bits per heavy atom. The van der Waals surface area contributed by atoms with Crippen LogP contribution in [0.25, 0.3) is 0 Å². The van der Waals surface area contributed by atoms with Crippen molar-refractivity contribution in [2.75, 3.05) is 25.6 Å². The Balaban J connectivity index is 1.68. The second-order valence-corrected chi connectivity index (χ2v) is 8.00. The van der Waals surface area contributed by atoms with Crippen LogP contribution in [0.15, 0.2) is 53.5 Å². The van der Waals surface area contributed by atoms with Crippen LogP contribution in [0.2, 0.25) is 0 Å². The molecule has 168 valence electrons. The van der Waals surface area contributed by atoms with E-state index in [0.29, 0.717) is 41.0 Å². The highest BCUT2D eigenvalue weighted by molar-refractivity contribution is 8.15. The van der Waals surface area contributed by atoms with Gasteiger partial charge in [-0.15, -0.1) is 0 Å². The van der Waals surface area contributed by atoms with Gasteiger partial charge in [-0.25, -0.2) is 9.79 Å². The SMILES string of the molecule is CCOc1cccc(NC(=O)CC2SC(=Nc3ccc(C(=O)OC)cc3)N(CC)C2=O)c1. The molecule has 2 aromatic carbocycles. The number of thioether (sulfide) groups is 1. The summed E-state index contributed by atoms with van der Waals surface area (Å²) in [6.45, 7) is 4.72. The number of rotatable bonds is 8. The zero-order valence-corrected chi connectivity index (χ0v) is 19.0. The maximum Gasteiger partial charge on any atom is 0.337 e. The topological polar surface area (TPSA) is 97.3 Å². The molecule has 2 amide bonds. The molecule has 0 bridgehead atoms. The molecule has 32 heavy (non-hydrogen) atoms. The summed E-state index contributed by atoms with van der Waals surface area (Å²) < 4.78 is 10.1. The van der Waals surface area contributed by atoms with E-state index in [4.69, 9.17) is 9.47 Å². The van der Waals surface area contributed by atoms with Crippen molar-refractivity contribution < 1.29 is 23.9 Å². The second kappa shape index (κ2) is 10.8. The predicted molar refractivity (Wildman–Crippen MR) is 125 cm³/mol. The van der Waals surface area contributed by atoms with E-state index in [-0.39, 0.29) is 18.2 Å². The fourth-order valence-corrected chi connectivity index (χ4v) is 4.35. The molecule has 2 aromatic rings. The lowest BCUT2D eigenvalue weighted by Crippen LogP contribution is -2.33. The van der Waals surface area contributed by atoms with Crippen LogP contribution in [-0.4, -0.2) is 53.4 Å². The van der Waals surface area contributed by atoms with Crippen LogP contribution in [0, 0.1) is 0 Å². The van der Waals surface area contributed by atoms with Gasteiger partial charge in [-0.05, 0) is 50.2 Å². The summed E-state index contributed by atoms with van der Waals surface area (Å²) in [6.07, 6.45) is 0.0269. The molecule has 1 saturated heterocycles. The van der Waals surface area contributed by atoms with Gasteiger partial charge >= 0.3 is 5.97 Å². The molecule has 1 fully saturated rings. The Kier molecular flexibility index (Phi) is 7.88. The summed E-state index contributed by atoms with van der Waals surface area (Å²) >= 11 is 1.26. The summed E-state index contributed by atoms with van der Waals surface area (Å²) in [5.41, 5.74) is 1.63.